The van der Waals surface area contributed by atoms with Gasteiger partial charge in [-0.05, 0) is 85.3 Å². The van der Waals surface area contributed by atoms with Crippen molar-refractivity contribution in [3.8, 4) is 16.9 Å². The average Bonchev–Trinajstić information content (AvgIpc) is 2.90. The summed E-state index contributed by atoms with van der Waals surface area (Å²) in [6.45, 7) is 4.77. The number of pyridine rings is 1. The quantitative estimate of drug-likeness (QED) is 0.282. The molecule has 0 unspecified atom stereocenters. The summed E-state index contributed by atoms with van der Waals surface area (Å²) in [7, 11) is 4.05. The van der Waals surface area contributed by atoms with Gasteiger partial charge in [0.15, 0.2) is 0 Å². The Balaban J connectivity index is 1.53. The molecule has 0 atom stereocenters. The van der Waals surface area contributed by atoms with E-state index in [1.165, 1.54) is 24.9 Å². The fraction of sp³-hybridized carbons (Fsp3) is 0.323. The molecule has 4 nitrogen and oxygen atoms in total. The van der Waals surface area contributed by atoms with E-state index in [4.69, 9.17) is 9.72 Å². The normalized spacial score (nSPS) is 13.7. The molecule has 1 aliphatic rings. The number of ether oxygens (including phenoxy) is 1. The molecule has 0 saturated carbocycles. The van der Waals surface area contributed by atoms with E-state index in [2.05, 4.69) is 47.1 Å². The van der Waals surface area contributed by atoms with Crippen molar-refractivity contribution in [2.75, 3.05) is 43.6 Å². The van der Waals surface area contributed by atoms with Crippen LogP contribution in [0.15, 0.2) is 66.7 Å². The number of benzene rings is 3. The largest absolute Gasteiger partial charge is 0.493 e. The first-order chi connectivity index (χ1) is 17.5. The van der Waals surface area contributed by atoms with Gasteiger partial charge in [0.25, 0.3) is 0 Å². The molecule has 5 rings (SSSR count). The van der Waals surface area contributed by atoms with Crippen molar-refractivity contribution in [1.29, 1.82) is 0 Å². The number of anilines is 2. The van der Waals surface area contributed by atoms with E-state index < -0.39 is 0 Å². The molecule has 1 fully saturated rings. The molecule has 1 aliphatic heterocycles. The van der Waals surface area contributed by atoms with Crippen molar-refractivity contribution < 1.29 is 9.13 Å². The molecule has 5 heteroatoms. The molecule has 0 N–H and O–H groups in total. The van der Waals surface area contributed by atoms with Gasteiger partial charge in [0.2, 0.25) is 0 Å². The molecule has 186 valence electrons. The van der Waals surface area contributed by atoms with Gasteiger partial charge in [-0.15, -0.1) is 0 Å². The summed E-state index contributed by atoms with van der Waals surface area (Å²) in [6, 6.07) is 21.6. The number of aromatic nitrogens is 1. The van der Waals surface area contributed by atoms with E-state index >= 15 is 0 Å². The predicted octanol–water partition coefficient (Wildman–Crippen LogP) is 7.03. The Hall–Kier alpha value is -3.60. The summed E-state index contributed by atoms with van der Waals surface area (Å²) in [6.07, 6.45) is 4.47. The maximum Gasteiger partial charge on any atom is 0.123 e. The van der Waals surface area contributed by atoms with E-state index in [9.17, 15) is 4.39 Å². The van der Waals surface area contributed by atoms with Crippen LogP contribution in [0.4, 0.5) is 15.8 Å². The minimum absolute atomic E-state index is 0.228. The molecule has 0 radical (unpaired) electrons. The molecular formula is C31H34FN3O. The van der Waals surface area contributed by atoms with Crippen LogP contribution < -0.4 is 14.5 Å². The summed E-state index contributed by atoms with van der Waals surface area (Å²) in [5, 5.41) is 1.11. The minimum Gasteiger partial charge on any atom is -0.493 e. The highest BCUT2D eigenvalue weighted by molar-refractivity contribution is 5.98. The minimum atomic E-state index is -0.228. The zero-order valence-corrected chi connectivity index (χ0v) is 21.4. The lowest BCUT2D eigenvalue weighted by molar-refractivity contribution is 0.322. The van der Waals surface area contributed by atoms with Crippen molar-refractivity contribution in [2.45, 2.75) is 32.6 Å². The second kappa shape index (κ2) is 10.6. The molecule has 0 bridgehead atoms. The molecule has 0 amide bonds. The third kappa shape index (κ3) is 5.15. The molecule has 2 heterocycles. The van der Waals surface area contributed by atoms with Crippen LogP contribution in [0.25, 0.3) is 22.0 Å². The maximum atomic E-state index is 13.8. The highest BCUT2D eigenvalue weighted by Gasteiger charge is 2.18. The lowest BCUT2D eigenvalue weighted by Gasteiger charge is -2.29. The van der Waals surface area contributed by atoms with Crippen LogP contribution in [0.2, 0.25) is 0 Å². The number of aryl methyl sites for hydroxylation is 1. The number of fused-ring (bicyclic) bond motifs is 1. The highest BCUT2D eigenvalue weighted by Crippen LogP contribution is 2.36. The Morgan fingerprint density at radius 2 is 1.72 bits per heavy atom. The molecule has 0 aliphatic carbocycles. The van der Waals surface area contributed by atoms with Crippen molar-refractivity contribution in [3.63, 3.8) is 0 Å². The van der Waals surface area contributed by atoms with Gasteiger partial charge in [-0.25, -0.2) is 4.39 Å². The van der Waals surface area contributed by atoms with Crippen LogP contribution in [0, 0.1) is 12.7 Å². The predicted molar refractivity (Wildman–Crippen MR) is 148 cm³/mol. The fourth-order valence-electron chi connectivity index (χ4n) is 5.14. The van der Waals surface area contributed by atoms with Gasteiger partial charge in [0.1, 0.15) is 11.6 Å². The van der Waals surface area contributed by atoms with Gasteiger partial charge in [-0.2, -0.15) is 0 Å². The third-order valence-electron chi connectivity index (χ3n) is 7.09. The lowest BCUT2D eigenvalue weighted by atomic mass is 9.92. The zero-order chi connectivity index (χ0) is 25.1. The number of nitrogens with zero attached hydrogens (tertiary/aromatic N) is 3. The Kier molecular flexibility index (Phi) is 7.08. The molecule has 4 aromatic rings. The Labute approximate surface area is 213 Å². The van der Waals surface area contributed by atoms with E-state index in [1.54, 1.807) is 12.1 Å². The Bertz CT molecular complexity index is 1340. The molecule has 36 heavy (non-hydrogen) atoms. The first-order valence-corrected chi connectivity index (χ1v) is 12.8. The van der Waals surface area contributed by atoms with Gasteiger partial charge in [-0.3, -0.25) is 4.98 Å². The molecule has 1 aromatic heterocycles. The van der Waals surface area contributed by atoms with Crippen molar-refractivity contribution in [2.24, 2.45) is 0 Å². The topological polar surface area (TPSA) is 28.6 Å². The first kappa shape index (κ1) is 24.1. The van der Waals surface area contributed by atoms with E-state index in [0.717, 1.165) is 57.8 Å². The van der Waals surface area contributed by atoms with E-state index in [0.29, 0.717) is 13.0 Å². The van der Waals surface area contributed by atoms with Gasteiger partial charge in [-0.1, -0.05) is 18.2 Å². The highest BCUT2D eigenvalue weighted by atomic mass is 19.1. The van der Waals surface area contributed by atoms with Gasteiger partial charge in [0, 0.05) is 62.1 Å². The summed E-state index contributed by atoms with van der Waals surface area (Å²) < 4.78 is 20.0. The van der Waals surface area contributed by atoms with Crippen LogP contribution in [0.1, 0.15) is 30.5 Å². The van der Waals surface area contributed by atoms with Crippen LogP contribution in [-0.2, 0) is 6.42 Å². The molecular weight excluding hydrogens is 449 g/mol. The van der Waals surface area contributed by atoms with Gasteiger partial charge < -0.3 is 14.5 Å². The number of hydrogen-bond donors (Lipinski definition) is 0. The summed E-state index contributed by atoms with van der Waals surface area (Å²) in [5.74, 6) is 0.622. The van der Waals surface area contributed by atoms with Crippen LogP contribution in [-0.4, -0.2) is 38.8 Å². The van der Waals surface area contributed by atoms with Crippen LogP contribution >= 0.6 is 0 Å². The van der Waals surface area contributed by atoms with Crippen LogP contribution in [0.5, 0.6) is 5.75 Å². The molecule has 0 spiro atoms. The lowest BCUT2D eigenvalue weighted by Crippen LogP contribution is -2.29. The zero-order valence-electron chi connectivity index (χ0n) is 21.4. The molecule has 1 saturated heterocycles. The second-order valence-corrected chi connectivity index (χ2v) is 9.80. The third-order valence-corrected chi connectivity index (χ3v) is 7.09. The fourth-order valence-corrected chi connectivity index (χ4v) is 5.14. The Morgan fingerprint density at radius 1 is 0.944 bits per heavy atom. The van der Waals surface area contributed by atoms with E-state index in [1.807, 2.05) is 38.4 Å². The number of piperidine rings is 1. The summed E-state index contributed by atoms with van der Waals surface area (Å²) >= 11 is 0. The van der Waals surface area contributed by atoms with Crippen molar-refractivity contribution in [1.82, 2.24) is 4.98 Å². The standard InChI is InChI=1S/C31H34FN3O/c1-22-28(16-19-36-27-9-7-8-25(20-27)34(2)3)31(23-10-12-24(32)13-11-23)29-21-26(14-15-30(29)33-22)35-17-5-4-6-18-35/h7-15,20-21H,4-6,16-19H2,1-3H3. The Morgan fingerprint density at radius 3 is 2.47 bits per heavy atom. The number of halogens is 1. The van der Waals surface area contributed by atoms with Crippen molar-refractivity contribution in [3.05, 3.63) is 83.8 Å². The molecule has 3 aromatic carbocycles. The smallest absolute Gasteiger partial charge is 0.123 e. The summed E-state index contributed by atoms with van der Waals surface area (Å²) in [4.78, 5) is 9.51. The van der Waals surface area contributed by atoms with Gasteiger partial charge in [0.05, 0.1) is 12.1 Å². The average molecular weight is 484 g/mol. The SMILES string of the molecule is Cc1nc2ccc(N3CCCCC3)cc2c(-c2ccc(F)cc2)c1CCOc1cccc(N(C)C)c1. The number of hydrogen-bond acceptors (Lipinski definition) is 4. The van der Waals surface area contributed by atoms with E-state index in [-0.39, 0.29) is 5.82 Å². The second-order valence-electron chi connectivity index (χ2n) is 9.80. The number of rotatable bonds is 7. The first-order valence-electron chi connectivity index (χ1n) is 12.8. The van der Waals surface area contributed by atoms with Crippen molar-refractivity contribution >= 4 is 22.3 Å². The van der Waals surface area contributed by atoms with Gasteiger partial charge >= 0.3 is 0 Å². The monoisotopic (exact) mass is 483 g/mol. The maximum absolute atomic E-state index is 13.8. The van der Waals surface area contributed by atoms with Crippen LogP contribution in [0.3, 0.4) is 0 Å². The summed E-state index contributed by atoms with van der Waals surface area (Å²) in [5.41, 5.74) is 7.57.